The van der Waals surface area contributed by atoms with Gasteiger partial charge in [-0.2, -0.15) is 0 Å². The molecule has 0 aliphatic rings. The molecule has 2 aromatic rings. The SMILES string of the molecule is COCc1cccc(NC(=O)C(C)N(c2cc(Cl)ccc2OC)S(C)(=O)=O)c1. The Morgan fingerprint density at radius 1 is 1.21 bits per heavy atom. The molecule has 0 saturated carbocycles. The zero-order valence-corrected chi connectivity index (χ0v) is 17.7. The summed E-state index contributed by atoms with van der Waals surface area (Å²) in [6.07, 6.45) is 1.02. The van der Waals surface area contributed by atoms with E-state index >= 15 is 0 Å². The number of methoxy groups -OCH3 is 2. The molecule has 1 atom stereocenters. The summed E-state index contributed by atoms with van der Waals surface area (Å²) < 4.78 is 36.3. The van der Waals surface area contributed by atoms with Crippen LogP contribution in [-0.4, -0.2) is 40.8 Å². The van der Waals surface area contributed by atoms with Gasteiger partial charge in [-0.25, -0.2) is 8.42 Å². The maximum absolute atomic E-state index is 12.8. The van der Waals surface area contributed by atoms with Crippen LogP contribution >= 0.6 is 11.6 Å². The highest BCUT2D eigenvalue weighted by Crippen LogP contribution is 2.34. The van der Waals surface area contributed by atoms with Crippen molar-refractivity contribution in [1.29, 1.82) is 0 Å². The fourth-order valence-corrected chi connectivity index (χ4v) is 4.11. The van der Waals surface area contributed by atoms with Gasteiger partial charge in [0.05, 0.1) is 25.7 Å². The number of halogens is 1. The van der Waals surface area contributed by atoms with E-state index in [2.05, 4.69) is 5.32 Å². The summed E-state index contributed by atoms with van der Waals surface area (Å²) in [5, 5.41) is 3.06. The topological polar surface area (TPSA) is 84.9 Å². The fraction of sp³-hybridized carbons (Fsp3) is 0.316. The molecule has 1 unspecified atom stereocenters. The molecule has 0 aliphatic carbocycles. The second kappa shape index (κ2) is 9.27. The van der Waals surface area contributed by atoms with E-state index in [1.54, 1.807) is 37.4 Å². The Balaban J connectivity index is 2.36. The van der Waals surface area contributed by atoms with Crippen molar-refractivity contribution in [2.45, 2.75) is 19.6 Å². The lowest BCUT2D eigenvalue weighted by Crippen LogP contribution is -2.45. The minimum atomic E-state index is -3.81. The van der Waals surface area contributed by atoms with Gasteiger partial charge in [0.15, 0.2) is 0 Å². The van der Waals surface area contributed by atoms with Gasteiger partial charge in [-0.15, -0.1) is 0 Å². The van der Waals surface area contributed by atoms with Crippen molar-refractivity contribution < 1.29 is 22.7 Å². The van der Waals surface area contributed by atoms with Gasteiger partial charge in [0, 0.05) is 17.8 Å². The number of nitrogens with zero attached hydrogens (tertiary/aromatic N) is 1. The second-order valence-corrected chi connectivity index (χ2v) is 8.47. The average Bonchev–Trinajstić information content (AvgIpc) is 2.61. The molecule has 0 spiro atoms. The highest BCUT2D eigenvalue weighted by atomic mass is 35.5. The second-order valence-electron chi connectivity index (χ2n) is 6.17. The lowest BCUT2D eigenvalue weighted by Gasteiger charge is -2.29. The van der Waals surface area contributed by atoms with Gasteiger partial charge >= 0.3 is 0 Å². The van der Waals surface area contributed by atoms with Crippen LogP contribution in [0, 0.1) is 0 Å². The standard InChI is InChI=1S/C19H23ClN2O5S/c1-13(19(23)21-16-7-5-6-14(10-16)12-26-2)22(28(4,24)25)17-11-15(20)8-9-18(17)27-3/h5-11,13H,12H2,1-4H3,(H,21,23). The molecule has 9 heteroatoms. The predicted molar refractivity (Wildman–Crippen MR) is 111 cm³/mol. The number of carbonyl (C=O) groups is 1. The third-order valence-electron chi connectivity index (χ3n) is 3.97. The molecule has 28 heavy (non-hydrogen) atoms. The molecule has 1 N–H and O–H groups in total. The van der Waals surface area contributed by atoms with E-state index in [9.17, 15) is 13.2 Å². The number of benzene rings is 2. The Morgan fingerprint density at radius 3 is 2.54 bits per heavy atom. The van der Waals surface area contributed by atoms with Gasteiger partial charge in [-0.1, -0.05) is 23.7 Å². The van der Waals surface area contributed by atoms with Gasteiger partial charge in [0.25, 0.3) is 0 Å². The highest BCUT2D eigenvalue weighted by molar-refractivity contribution is 7.92. The van der Waals surface area contributed by atoms with Crippen LogP contribution in [0.1, 0.15) is 12.5 Å². The van der Waals surface area contributed by atoms with E-state index < -0.39 is 22.0 Å². The van der Waals surface area contributed by atoms with E-state index in [1.807, 2.05) is 6.07 Å². The molecule has 0 radical (unpaired) electrons. The number of carbonyl (C=O) groups excluding carboxylic acids is 1. The number of ether oxygens (including phenoxy) is 2. The molecule has 152 valence electrons. The maximum Gasteiger partial charge on any atom is 0.247 e. The average molecular weight is 427 g/mol. The maximum atomic E-state index is 12.8. The normalized spacial score (nSPS) is 12.3. The first-order chi connectivity index (χ1) is 13.2. The van der Waals surface area contributed by atoms with Crippen LogP contribution in [0.5, 0.6) is 5.75 Å². The zero-order valence-electron chi connectivity index (χ0n) is 16.1. The van der Waals surface area contributed by atoms with Gasteiger partial charge in [-0.05, 0) is 42.8 Å². The Morgan fingerprint density at radius 2 is 1.93 bits per heavy atom. The lowest BCUT2D eigenvalue weighted by atomic mass is 10.2. The van der Waals surface area contributed by atoms with Crippen LogP contribution in [0.3, 0.4) is 0 Å². The number of nitrogens with one attached hydrogen (secondary N) is 1. The van der Waals surface area contributed by atoms with E-state index in [0.717, 1.165) is 16.1 Å². The largest absolute Gasteiger partial charge is 0.495 e. The summed E-state index contributed by atoms with van der Waals surface area (Å²) in [4.78, 5) is 12.8. The third-order valence-corrected chi connectivity index (χ3v) is 5.43. The summed E-state index contributed by atoms with van der Waals surface area (Å²) in [6, 6.07) is 10.7. The first kappa shape index (κ1) is 22.0. The third kappa shape index (κ3) is 5.37. The molecule has 0 bridgehead atoms. The number of hydrogen-bond acceptors (Lipinski definition) is 5. The molecule has 7 nitrogen and oxygen atoms in total. The molecule has 0 aromatic heterocycles. The van der Waals surface area contributed by atoms with Gasteiger partial charge in [0.2, 0.25) is 15.9 Å². The Labute approximate surface area is 170 Å². The van der Waals surface area contributed by atoms with Gasteiger partial charge < -0.3 is 14.8 Å². The monoisotopic (exact) mass is 426 g/mol. The highest BCUT2D eigenvalue weighted by Gasteiger charge is 2.31. The molecule has 2 aromatic carbocycles. The summed E-state index contributed by atoms with van der Waals surface area (Å²) in [6.45, 7) is 1.89. The lowest BCUT2D eigenvalue weighted by molar-refractivity contribution is -0.116. The molecule has 2 rings (SSSR count). The molecular formula is C19H23ClN2O5S. The summed E-state index contributed by atoms with van der Waals surface area (Å²) in [5.74, 6) is -0.210. The summed E-state index contributed by atoms with van der Waals surface area (Å²) >= 11 is 6.04. The first-order valence-corrected chi connectivity index (χ1v) is 10.6. The van der Waals surface area contributed by atoms with Crippen molar-refractivity contribution in [2.24, 2.45) is 0 Å². The number of anilines is 2. The van der Waals surface area contributed by atoms with Crippen molar-refractivity contribution in [3.05, 3.63) is 53.1 Å². The smallest absolute Gasteiger partial charge is 0.247 e. The number of sulfonamides is 1. The first-order valence-electron chi connectivity index (χ1n) is 8.39. The van der Waals surface area contributed by atoms with Crippen LogP contribution in [0.15, 0.2) is 42.5 Å². The van der Waals surface area contributed by atoms with E-state index in [1.165, 1.54) is 20.1 Å². The molecular weight excluding hydrogens is 404 g/mol. The minimum Gasteiger partial charge on any atom is -0.495 e. The molecule has 0 heterocycles. The van der Waals surface area contributed by atoms with Crippen LogP contribution in [0.25, 0.3) is 0 Å². The van der Waals surface area contributed by atoms with E-state index in [4.69, 9.17) is 21.1 Å². The van der Waals surface area contributed by atoms with Crippen molar-refractivity contribution in [3.63, 3.8) is 0 Å². The van der Waals surface area contributed by atoms with Crippen LogP contribution in [-0.2, 0) is 26.2 Å². The number of rotatable bonds is 8. The molecule has 0 aliphatic heterocycles. The minimum absolute atomic E-state index is 0.188. The molecule has 1 amide bonds. The van der Waals surface area contributed by atoms with Crippen molar-refractivity contribution in [3.8, 4) is 5.75 Å². The van der Waals surface area contributed by atoms with Crippen molar-refractivity contribution in [1.82, 2.24) is 0 Å². The van der Waals surface area contributed by atoms with Crippen molar-refractivity contribution in [2.75, 3.05) is 30.1 Å². The number of hydrogen-bond donors (Lipinski definition) is 1. The summed E-state index contributed by atoms with van der Waals surface area (Å²) in [5.41, 5.74) is 1.61. The van der Waals surface area contributed by atoms with Crippen molar-refractivity contribution >= 4 is 38.9 Å². The van der Waals surface area contributed by atoms with Crippen LogP contribution < -0.4 is 14.4 Å². The molecule has 0 fully saturated rings. The van der Waals surface area contributed by atoms with E-state index in [0.29, 0.717) is 17.3 Å². The Hall–Kier alpha value is -2.29. The van der Waals surface area contributed by atoms with E-state index in [-0.39, 0.29) is 11.4 Å². The Kier molecular flexibility index (Phi) is 7.29. The number of amides is 1. The quantitative estimate of drug-likeness (QED) is 0.700. The molecule has 0 saturated heterocycles. The van der Waals surface area contributed by atoms with Gasteiger partial charge in [-0.3, -0.25) is 9.10 Å². The van der Waals surface area contributed by atoms with Crippen LogP contribution in [0.2, 0.25) is 5.02 Å². The summed E-state index contributed by atoms with van der Waals surface area (Å²) in [7, 11) is -0.812. The van der Waals surface area contributed by atoms with Crippen LogP contribution in [0.4, 0.5) is 11.4 Å². The fourth-order valence-electron chi connectivity index (χ4n) is 2.77. The predicted octanol–water partition coefficient (Wildman–Crippen LogP) is 3.29. The Bertz CT molecular complexity index is 949. The zero-order chi connectivity index (χ0) is 20.9. The van der Waals surface area contributed by atoms with Gasteiger partial charge in [0.1, 0.15) is 11.8 Å².